The SMILES string of the molecule is CCCCCCCCOC(=O)CCCCCCC.CCCCCCCCOC(=O)c1ccc(C(=O)OCCCCCCCC)cc1. The third-order valence-corrected chi connectivity index (χ3v) is 8.06. The molecule has 0 aliphatic rings. The van der Waals surface area contributed by atoms with Gasteiger partial charge in [0.1, 0.15) is 0 Å². The number of hydrogen-bond acceptors (Lipinski definition) is 6. The molecule has 1 aromatic carbocycles. The minimum absolute atomic E-state index is 0.0000525. The topological polar surface area (TPSA) is 78.9 Å². The first-order valence-corrected chi connectivity index (χ1v) is 19.1. The van der Waals surface area contributed by atoms with Gasteiger partial charge < -0.3 is 14.2 Å². The number of unbranched alkanes of at least 4 members (excludes halogenated alkanes) is 19. The Hall–Kier alpha value is -2.37. The van der Waals surface area contributed by atoms with Gasteiger partial charge in [-0.15, -0.1) is 0 Å². The van der Waals surface area contributed by atoms with Gasteiger partial charge in [0.25, 0.3) is 0 Å². The van der Waals surface area contributed by atoms with Crippen molar-refractivity contribution in [3.05, 3.63) is 35.4 Å². The van der Waals surface area contributed by atoms with E-state index < -0.39 is 0 Å². The lowest BCUT2D eigenvalue weighted by Gasteiger charge is -2.07. The van der Waals surface area contributed by atoms with Crippen LogP contribution in [0.2, 0.25) is 0 Å². The van der Waals surface area contributed by atoms with Gasteiger partial charge in [0.15, 0.2) is 0 Å². The van der Waals surface area contributed by atoms with Crippen LogP contribution in [-0.4, -0.2) is 37.7 Å². The van der Waals surface area contributed by atoms with Crippen molar-refractivity contribution < 1.29 is 28.6 Å². The van der Waals surface area contributed by atoms with E-state index in [1.54, 1.807) is 24.3 Å². The first kappa shape index (κ1) is 43.6. The highest BCUT2D eigenvalue weighted by atomic mass is 16.5. The molecule has 0 fully saturated rings. The summed E-state index contributed by atoms with van der Waals surface area (Å²) in [7, 11) is 0. The fourth-order valence-electron chi connectivity index (χ4n) is 5.02. The Bertz CT molecular complexity index is 786. The predicted molar refractivity (Wildman–Crippen MR) is 191 cm³/mol. The third-order valence-electron chi connectivity index (χ3n) is 8.06. The molecule has 0 aliphatic heterocycles. The van der Waals surface area contributed by atoms with Crippen molar-refractivity contribution in [2.75, 3.05) is 19.8 Å². The van der Waals surface area contributed by atoms with Crippen LogP contribution in [0.4, 0.5) is 0 Å². The lowest BCUT2D eigenvalue weighted by molar-refractivity contribution is -0.143. The molecule has 0 amide bonds. The maximum Gasteiger partial charge on any atom is 0.338 e. The van der Waals surface area contributed by atoms with Gasteiger partial charge in [-0.2, -0.15) is 0 Å². The number of carbonyl (C=O) groups excluding carboxylic acids is 3. The average molecular weight is 647 g/mol. The van der Waals surface area contributed by atoms with Crippen LogP contribution in [0.3, 0.4) is 0 Å². The van der Waals surface area contributed by atoms with Gasteiger partial charge in [0.05, 0.1) is 30.9 Å². The lowest BCUT2D eigenvalue weighted by atomic mass is 10.1. The highest BCUT2D eigenvalue weighted by molar-refractivity contribution is 5.93. The Labute approximate surface area is 283 Å². The summed E-state index contributed by atoms with van der Waals surface area (Å²) in [5.41, 5.74) is 0.942. The van der Waals surface area contributed by atoms with Crippen LogP contribution < -0.4 is 0 Å². The maximum atomic E-state index is 12.0. The summed E-state index contributed by atoms with van der Waals surface area (Å²) >= 11 is 0. The van der Waals surface area contributed by atoms with E-state index in [4.69, 9.17) is 14.2 Å². The highest BCUT2D eigenvalue weighted by Gasteiger charge is 2.11. The fraction of sp³-hybridized carbons (Fsp3) is 0.775. The zero-order valence-corrected chi connectivity index (χ0v) is 30.4. The largest absolute Gasteiger partial charge is 0.466 e. The molecule has 6 heteroatoms. The molecule has 0 bridgehead atoms. The molecule has 0 heterocycles. The second-order valence-electron chi connectivity index (χ2n) is 12.5. The Morgan fingerprint density at radius 3 is 1.02 bits per heavy atom. The van der Waals surface area contributed by atoms with Crippen LogP contribution in [0.25, 0.3) is 0 Å². The third kappa shape index (κ3) is 27.9. The number of hydrogen-bond donors (Lipinski definition) is 0. The smallest absolute Gasteiger partial charge is 0.338 e. The summed E-state index contributed by atoms with van der Waals surface area (Å²) in [5, 5.41) is 0. The Kier molecular flexibility index (Phi) is 32.2. The van der Waals surface area contributed by atoms with Crippen molar-refractivity contribution in [1.82, 2.24) is 0 Å². The molecular weight excluding hydrogens is 576 g/mol. The van der Waals surface area contributed by atoms with Crippen LogP contribution in [0, 0.1) is 0 Å². The van der Waals surface area contributed by atoms with Crippen LogP contribution >= 0.6 is 0 Å². The zero-order chi connectivity index (χ0) is 33.9. The van der Waals surface area contributed by atoms with Gasteiger partial charge in [-0.05, 0) is 49.9 Å². The number of carbonyl (C=O) groups is 3. The number of esters is 3. The van der Waals surface area contributed by atoms with Crippen molar-refractivity contribution in [3.8, 4) is 0 Å². The molecule has 0 spiro atoms. The maximum absolute atomic E-state index is 12.0. The van der Waals surface area contributed by atoms with Crippen molar-refractivity contribution in [2.45, 2.75) is 182 Å². The van der Waals surface area contributed by atoms with Crippen LogP contribution in [-0.2, 0) is 19.0 Å². The monoisotopic (exact) mass is 647 g/mol. The summed E-state index contributed by atoms with van der Waals surface area (Å²) < 4.78 is 15.8. The fourth-order valence-corrected chi connectivity index (χ4v) is 5.02. The molecule has 1 aromatic rings. The van der Waals surface area contributed by atoms with Crippen molar-refractivity contribution in [3.63, 3.8) is 0 Å². The Balaban J connectivity index is 0.000000973. The molecule has 0 saturated carbocycles. The van der Waals surface area contributed by atoms with Gasteiger partial charge >= 0.3 is 17.9 Å². The quantitative estimate of drug-likeness (QED) is 0.0489. The number of rotatable bonds is 29. The molecule has 0 atom stereocenters. The first-order valence-electron chi connectivity index (χ1n) is 19.1. The second-order valence-corrected chi connectivity index (χ2v) is 12.5. The van der Waals surface area contributed by atoms with E-state index in [2.05, 4.69) is 27.7 Å². The van der Waals surface area contributed by atoms with Crippen LogP contribution in [0.5, 0.6) is 0 Å². The zero-order valence-electron chi connectivity index (χ0n) is 30.4. The molecule has 6 nitrogen and oxygen atoms in total. The average Bonchev–Trinajstić information content (AvgIpc) is 3.07. The van der Waals surface area contributed by atoms with Crippen molar-refractivity contribution >= 4 is 17.9 Å². The summed E-state index contributed by atoms with van der Waals surface area (Å²) in [6.07, 6.45) is 27.9. The molecule has 0 radical (unpaired) electrons. The van der Waals surface area contributed by atoms with E-state index in [0.29, 0.717) is 37.4 Å². The summed E-state index contributed by atoms with van der Waals surface area (Å²) in [5.74, 6) is -0.666. The Morgan fingerprint density at radius 1 is 0.391 bits per heavy atom. The normalized spacial score (nSPS) is 10.6. The van der Waals surface area contributed by atoms with Gasteiger partial charge in [-0.3, -0.25) is 4.79 Å². The molecule has 46 heavy (non-hydrogen) atoms. The molecule has 0 aliphatic carbocycles. The minimum atomic E-state index is -0.333. The van der Waals surface area contributed by atoms with Gasteiger partial charge in [0.2, 0.25) is 0 Å². The van der Waals surface area contributed by atoms with Crippen LogP contribution in [0.15, 0.2) is 24.3 Å². The standard InChI is InChI=1S/C24H38O4.C16H32O2/c1-3-5-7-9-11-13-19-27-23(25)21-15-17-22(18-16-21)24(26)28-20-14-12-10-8-6-4-2;1-3-5-7-9-11-13-15-18-16(17)14-12-10-8-6-4-2/h15-18H,3-14,19-20H2,1-2H3;3-15H2,1-2H3. The lowest BCUT2D eigenvalue weighted by Crippen LogP contribution is -2.09. The predicted octanol–water partition coefficient (Wildman–Crippen LogP) is 12.0. The molecule has 1 rings (SSSR count). The molecule has 0 unspecified atom stereocenters. The molecule has 0 saturated heterocycles. The summed E-state index contributed by atoms with van der Waals surface area (Å²) in [6.45, 7) is 10.3. The highest BCUT2D eigenvalue weighted by Crippen LogP contribution is 2.11. The Morgan fingerprint density at radius 2 is 0.674 bits per heavy atom. The van der Waals surface area contributed by atoms with E-state index in [-0.39, 0.29) is 17.9 Å². The first-order chi connectivity index (χ1) is 22.5. The van der Waals surface area contributed by atoms with Crippen LogP contribution in [0.1, 0.15) is 203 Å². The van der Waals surface area contributed by atoms with E-state index >= 15 is 0 Å². The second kappa shape index (κ2) is 34.0. The molecular formula is C40H70O6. The molecule has 0 aromatic heterocycles. The minimum Gasteiger partial charge on any atom is -0.466 e. The number of ether oxygens (including phenoxy) is 3. The summed E-state index contributed by atoms with van der Waals surface area (Å²) in [4.78, 5) is 35.5. The molecule has 0 N–H and O–H groups in total. The summed E-state index contributed by atoms with van der Waals surface area (Å²) in [6, 6.07) is 6.52. The van der Waals surface area contributed by atoms with Crippen molar-refractivity contribution in [2.24, 2.45) is 0 Å². The van der Waals surface area contributed by atoms with Gasteiger partial charge in [-0.25, -0.2) is 9.59 Å². The molecule has 266 valence electrons. The van der Waals surface area contributed by atoms with Gasteiger partial charge in [-0.1, -0.05) is 150 Å². The van der Waals surface area contributed by atoms with Gasteiger partial charge in [0, 0.05) is 6.42 Å². The number of benzene rings is 1. The van der Waals surface area contributed by atoms with E-state index in [9.17, 15) is 14.4 Å². The van der Waals surface area contributed by atoms with Crippen molar-refractivity contribution in [1.29, 1.82) is 0 Å². The van der Waals surface area contributed by atoms with E-state index in [1.807, 2.05) is 0 Å². The van der Waals surface area contributed by atoms with E-state index in [0.717, 1.165) is 38.5 Å². The van der Waals surface area contributed by atoms with E-state index in [1.165, 1.54) is 109 Å².